The lowest BCUT2D eigenvalue weighted by atomic mass is 9.95. The van der Waals surface area contributed by atoms with Crippen LogP contribution in [0.4, 0.5) is 18.9 Å². The standard InChI is InChI=1S/C30H29F3N4O5/c31-30(32,33)25-24(36-27(42-25)19-7-2-1-3-8-19)26(38)35-21-13-12-20(34-16-21)9-4-6-18-14-15-37(17-18)28(39)22-10-5-11-23(22)29(40)41/h1-4,7-9,12-13,16,18,22-23H,5-6,10-11,14-15,17H2,(H,35,38)(H,40,41)/t18-,22-,23-/m0/s1. The molecule has 2 amide bonds. The van der Waals surface area contributed by atoms with Crippen molar-refractivity contribution in [3.8, 4) is 11.5 Å². The maximum absolute atomic E-state index is 13.6. The minimum Gasteiger partial charge on any atom is -0.481 e. The molecule has 1 aromatic carbocycles. The Bertz CT molecular complexity index is 1470. The van der Waals surface area contributed by atoms with E-state index in [1.54, 1.807) is 35.2 Å². The van der Waals surface area contributed by atoms with Crippen LogP contribution in [0.2, 0.25) is 0 Å². The number of benzene rings is 1. The molecule has 2 aliphatic rings. The molecule has 0 unspecified atom stereocenters. The monoisotopic (exact) mass is 582 g/mol. The number of oxazole rings is 1. The summed E-state index contributed by atoms with van der Waals surface area (Å²) in [5, 5.41) is 11.8. The molecule has 2 N–H and O–H groups in total. The molecule has 3 atom stereocenters. The fourth-order valence-electron chi connectivity index (χ4n) is 5.53. The van der Waals surface area contributed by atoms with E-state index < -0.39 is 41.3 Å². The first kappa shape index (κ1) is 29.0. The molecule has 1 aliphatic carbocycles. The molecule has 3 heterocycles. The minimum absolute atomic E-state index is 0.0602. The van der Waals surface area contributed by atoms with Crippen LogP contribution in [0, 0.1) is 17.8 Å². The van der Waals surface area contributed by atoms with Gasteiger partial charge in [-0.3, -0.25) is 19.4 Å². The number of anilines is 1. The molecular formula is C30H29F3N4O5. The number of hydrogen-bond donors (Lipinski definition) is 2. The molecule has 0 radical (unpaired) electrons. The molecule has 2 aromatic heterocycles. The summed E-state index contributed by atoms with van der Waals surface area (Å²) in [7, 11) is 0. The number of pyridine rings is 1. The van der Waals surface area contributed by atoms with Crippen molar-refractivity contribution >= 4 is 29.5 Å². The lowest BCUT2D eigenvalue weighted by Crippen LogP contribution is -2.37. The van der Waals surface area contributed by atoms with Crippen LogP contribution < -0.4 is 5.32 Å². The summed E-state index contributed by atoms with van der Waals surface area (Å²) in [4.78, 5) is 46.9. The molecule has 3 aromatic rings. The van der Waals surface area contributed by atoms with E-state index in [0.29, 0.717) is 43.6 Å². The highest BCUT2D eigenvalue weighted by Crippen LogP contribution is 2.36. The fraction of sp³-hybridized carbons (Fsp3) is 0.367. The van der Waals surface area contributed by atoms with Crippen molar-refractivity contribution in [1.29, 1.82) is 0 Å². The zero-order chi connectivity index (χ0) is 29.9. The molecule has 1 aliphatic heterocycles. The number of halogens is 3. The Morgan fingerprint density at radius 2 is 1.83 bits per heavy atom. The highest BCUT2D eigenvalue weighted by molar-refractivity contribution is 6.04. The highest BCUT2D eigenvalue weighted by atomic mass is 19.4. The summed E-state index contributed by atoms with van der Waals surface area (Å²) >= 11 is 0. The largest absolute Gasteiger partial charge is 0.481 e. The van der Waals surface area contributed by atoms with E-state index in [2.05, 4.69) is 15.3 Å². The number of hydrogen-bond acceptors (Lipinski definition) is 6. The average Bonchev–Trinajstić information content (AvgIpc) is 3.74. The van der Waals surface area contributed by atoms with Crippen molar-refractivity contribution < 1.29 is 37.1 Å². The predicted molar refractivity (Wildman–Crippen MR) is 146 cm³/mol. The van der Waals surface area contributed by atoms with Crippen molar-refractivity contribution in [1.82, 2.24) is 14.9 Å². The second-order valence-electron chi connectivity index (χ2n) is 10.5. The van der Waals surface area contributed by atoms with Crippen LogP contribution in [0.15, 0.2) is 59.2 Å². The Morgan fingerprint density at radius 3 is 2.52 bits per heavy atom. The van der Waals surface area contributed by atoms with Gasteiger partial charge in [-0.2, -0.15) is 13.2 Å². The van der Waals surface area contributed by atoms with E-state index in [1.807, 2.05) is 6.08 Å². The number of nitrogens with one attached hydrogen (secondary N) is 1. The van der Waals surface area contributed by atoms with Crippen LogP contribution in [0.1, 0.15) is 54.0 Å². The number of rotatable bonds is 8. The van der Waals surface area contributed by atoms with Crippen LogP contribution in [-0.2, 0) is 15.8 Å². The smallest absolute Gasteiger partial charge is 0.452 e. The first-order valence-electron chi connectivity index (χ1n) is 13.7. The molecular weight excluding hydrogens is 553 g/mol. The molecule has 12 heteroatoms. The van der Waals surface area contributed by atoms with E-state index in [9.17, 15) is 32.7 Å². The van der Waals surface area contributed by atoms with Gasteiger partial charge in [0.25, 0.3) is 5.91 Å². The molecule has 2 fully saturated rings. The van der Waals surface area contributed by atoms with Crippen LogP contribution in [-0.4, -0.2) is 50.8 Å². The number of amides is 2. The van der Waals surface area contributed by atoms with Crippen LogP contribution in [0.5, 0.6) is 0 Å². The van der Waals surface area contributed by atoms with Crippen molar-refractivity contribution in [3.63, 3.8) is 0 Å². The van der Waals surface area contributed by atoms with Gasteiger partial charge < -0.3 is 19.7 Å². The number of alkyl halides is 3. The van der Waals surface area contributed by atoms with E-state index >= 15 is 0 Å². The molecule has 5 rings (SSSR count). The second kappa shape index (κ2) is 12.2. The normalized spacial score (nSPS) is 20.7. The third-order valence-corrected chi connectivity index (χ3v) is 7.67. The van der Waals surface area contributed by atoms with E-state index in [-0.39, 0.29) is 23.4 Å². The van der Waals surface area contributed by atoms with E-state index in [4.69, 9.17) is 4.42 Å². The lowest BCUT2D eigenvalue weighted by Gasteiger charge is -2.23. The van der Waals surface area contributed by atoms with Gasteiger partial charge in [-0.1, -0.05) is 30.7 Å². The molecule has 1 saturated carbocycles. The Morgan fingerprint density at radius 1 is 1.07 bits per heavy atom. The van der Waals surface area contributed by atoms with Gasteiger partial charge in [-0.05, 0) is 61.9 Å². The highest BCUT2D eigenvalue weighted by Gasteiger charge is 2.42. The topological polar surface area (TPSA) is 126 Å². The van der Waals surface area contributed by atoms with Gasteiger partial charge in [0, 0.05) is 18.7 Å². The van der Waals surface area contributed by atoms with Crippen molar-refractivity contribution in [2.24, 2.45) is 17.8 Å². The maximum atomic E-state index is 13.6. The summed E-state index contributed by atoms with van der Waals surface area (Å²) < 4.78 is 45.6. The van der Waals surface area contributed by atoms with E-state index in [1.165, 1.54) is 24.4 Å². The maximum Gasteiger partial charge on any atom is 0.452 e. The zero-order valence-corrected chi connectivity index (χ0v) is 22.5. The summed E-state index contributed by atoms with van der Waals surface area (Å²) in [6.07, 6.45) is 3.60. The van der Waals surface area contributed by atoms with Crippen LogP contribution in [0.25, 0.3) is 17.5 Å². The molecule has 42 heavy (non-hydrogen) atoms. The van der Waals surface area contributed by atoms with E-state index in [0.717, 1.165) is 12.8 Å². The summed E-state index contributed by atoms with van der Waals surface area (Å²) in [6.45, 7) is 1.19. The van der Waals surface area contributed by atoms with Crippen molar-refractivity contribution in [2.45, 2.75) is 38.3 Å². The number of nitrogens with zero attached hydrogens (tertiary/aromatic N) is 3. The number of aromatic nitrogens is 2. The molecule has 9 nitrogen and oxygen atoms in total. The Labute approximate surface area is 239 Å². The number of carboxylic acids is 1. The quantitative estimate of drug-likeness (QED) is 0.346. The lowest BCUT2D eigenvalue weighted by molar-refractivity contribution is -0.153. The summed E-state index contributed by atoms with van der Waals surface area (Å²) in [5.74, 6) is -4.61. The van der Waals surface area contributed by atoms with Gasteiger partial charge in [0.05, 0.1) is 29.4 Å². The number of carboxylic acid groups (broad SMARTS) is 1. The summed E-state index contributed by atoms with van der Waals surface area (Å²) in [6, 6.07) is 11.1. The molecule has 220 valence electrons. The Balaban J connectivity index is 1.16. The van der Waals surface area contributed by atoms with Crippen molar-refractivity contribution in [3.05, 3.63) is 71.9 Å². The predicted octanol–water partition coefficient (Wildman–Crippen LogP) is 5.76. The first-order valence-corrected chi connectivity index (χ1v) is 13.7. The molecule has 1 saturated heterocycles. The molecule has 0 spiro atoms. The van der Waals surface area contributed by atoms with Crippen molar-refractivity contribution in [2.75, 3.05) is 18.4 Å². The van der Waals surface area contributed by atoms with Gasteiger partial charge >= 0.3 is 12.1 Å². The van der Waals surface area contributed by atoms with Gasteiger partial charge in [-0.15, -0.1) is 0 Å². The fourth-order valence-corrected chi connectivity index (χ4v) is 5.53. The first-order chi connectivity index (χ1) is 20.1. The third-order valence-electron chi connectivity index (χ3n) is 7.67. The van der Waals surface area contributed by atoms with Crippen LogP contribution >= 0.6 is 0 Å². The third kappa shape index (κ3) is 6.53. The number of carbonyl (C=O) groups excluding carboxylic acids is 2. The second-order valence-corrected chi connectivity index (χ2v) is 10.5. The Hall–Kier alpha value is -4.48. The average molecular weight is 583 g/mol. The number of aliphatic carboxylic acids is 1. The van der Waals surface area contributed by atoms with Gasteiger partial charge in [0.1, 0.15) is 0 Å². The number of likely N-dealkylation sites (tertiary alicyclic amines) is 1. The van der Waals surface area contributed by atoms with Gasteiger partial charge in [-0.25, -0.2) is 4.98 Å². The number of carbonyl (C=O) groups is 3. The number of allylic oxidation sites excluding steroid dienone is 1. The summed E-state index contributed by atoms with van der Waals surface area (Å²) in [5.41, 5.74) is 0.197. The van der Waals surface area contributed by atoms with Gasteiger partial charge in [0.2, 0.25) is 17.6 Å². The zero-order valence-electron chi connectivity index (χ0n) is 22.5. The minimum atomic E-state index is -4.92. The SMILES string of the molecule is O=C(Nc1ccc(C=CC[C@H]2CCN(C(=O)[C@H]3CCC[C@@H]3C(=O)O)C2)nc1)c1nc(-c2ccccc2)oc1C(F)(F)F. The molecule has 0 bridgehead atoms. The Kier molecular flexibility index (Phi) is 8.41. The van der Waals surface area contributed by atoms with Crippen LogP contribution in [0.3, 0.4) is 0 Å². The van der Waals surface area contributed by atoms with Gasteiger partial charge in [0.15, 0.2) is 5.69 Å².